The van der Waals surface area contributed by atoms with Crippen LogP contribution >= 0.6 is 46.4 Å². The third-order valence-electron chi connectivity index (χ3n) is 2.17. The molecule has 0 aliphatic carbocycles. The van der Waals surface area contributed by atoms with Gasteiger partial charge in [0, 0.05) is 18.3 Å². The second kappa shape index (κ2) is 10.0. The highest BCUT2D eigenvalue weighted by atomic mass is 35.5. The van der Waals surface area contributed by atoms with Gasteiger partial charge in [0.05, 0.1) is 16.7 Å². The molecule has 0 saturated carbocycles. The summed E-state index contributed by atoms with van der Waals surface area (Å²) < 4.78 is 5.60. The van der Waals surface area contributed by atoms with E-state index in [4.69, 9.17) is 56.0 Å². The predicted octanol–water partition coefficient (Wildman–Crippen LogP) is 5.18. The Morgan fingerprint density at radius 1 is 1.24 bits per heavy atom. The zero-order valence-corrected chi connectivity index (χ0v) is 13.9. The van der Waals surface area contributed by atoms with E-state index in [1.807, 2.05) is 0 Å². The van der Waals surface area contributed by atoms with Crippen molar-refractivity contribution in [1.82, 2.24) is 0 Å². The fourth-order valence-corrected chi connectivity index (χ4v) is 1.99. The van der Waals surface area contributed by atoms with Gasteiger partial charge in [-0.1, -0.05) is 51.6 Å². The zero-order chi connectivity index (χ0) is 15.7. The SMILES string of the molecule is Oc1cc(Cl)c(OCCCC=NOCC=C(Cl)Cl)c(Cl)c1. The van der Waals surface area contributed by atoms with Crippen LogP contribution in [-0.4, -0.2) is 24.5 Å². The Morgan fingerprint density at radius 2 is 1.90 bits per heavy atom. The van der Waals surface area contributed by atoms with Crippen LogP contribution in [0.3, 0.4) is 0 Å². The van der Waals surface area contributed by atoms with Gasteiger partial charge in [-0.2, -0.15) is 0 Å². The quantitative estimate of drug-likeness (QED) is 0.388. The first-order valence-electron chi connectivity index (χ1n) is 5.96. The van der Waals surface area contributed by atoms with Gasteiger partial charge < -0.3 is 14.7 Å². The van der Waals surface area contributed by atoms with Gasteiger partial charge in [-0.3, -0.25) is 0 Å². The smallest absolute Gasteiger partial charge is 0.156 e. The molecule has 0 atom stereocenters. The molecule has 0 unspecified atom stereocenters. The van der Waals surface area contributed by atoms with Crippen LogP contribution in [0.15, 0.2) is 27.9 Å². The molecule has 8 heteroatoms. The fourth-order valence-electron chi connectivity index (χ4n) is 1.28. The third kappa shape index (κ3) is 7.67. The lowest BCUT2D eigenvalue weighted by atomic mass is 10.3. The maximum absolute atomic E-state index is 9.29. The molecule has 116 valence electrons. The van der Waals surface area contributed by atoms with Crippen molar-refractivity contribution >= 4 is 52.6 Å². The molecule has 1 N–H and O–H groups in total. The summed E-state index contributed by atoms with van der Waals surface area (Å²) in [6.45, 7) is 0.623. The second-order valence-electron chi connectivity index (χ2n) is 3.81. The summed E-state index contributed by atoms with van der Waals surface area (Å²) in [7, 11) is 0. The highest BCUT2D eigenvalue weighted by Gasteiger charge is 2.08. The van der Waals surface area contributed by atoms with E-state index in [1.54, 1.807) is 6.21 Å². The average molecular weight is 373 g/mol. The van der Waals surface area contributed by atoms with E-state index in [0.29, 0.717) is 25.2 Å². The number of benzene rings is 1. The summed E-state index contributed by atoms with van der Waals surface area (Å²) >= 11 is 22.6. The van der Waals surface area contributed by atoms with Crippen molar-refractivity contribution in [2.45, 2.75) is 12.8 Å². The molecule has 0 amide bonds. The standard InChI is InChI=1S/C13H13Cl4NO3/c14-10-7-9(19)8-11(15)13(10)20-5-2-1-4-18-21-6-3-12(16)17/h3-4,7-8,19H,1-2,5-6H2. The number of hydrogen-bond donors (Lipinski definition) is 1. The minimum absolute atomic E-state index is 0.00673. The lowest BCUT2D eigenvalue weighted by Crippen LogP contribution is -1.99. The van der Waals surface area contributed by atoms with E-state index in [0.717, 1.165) is 0 Å². The Kier molecular flexibility index (Phi) is 8.69. The summed E-state index contributed by atoms with van der Waals surface area (Å²) in [5.41, 5.74) is 0. The molecule has 1 rings (SSSR count). The number of halogens is 4. The molecule has 0 spiro atoms. The fraction of sp³-hybridized carbons (Fsp3) is 0.308. The molecular formula is C13H13Cl4NO3. The zero-order valence-electron chi connectivity index (χ0n) is 10.9. The average Bonchev–Trinajstić information content (AvgIpc) is 2.38. The summed E-state index contributed by atoms with van der Waals surface area (Å²) in [5.74, 6) is 0.346. The number of ether oxygens (including phenoxy) is 1. The van der Waals surface area contributed by atoms with Crippen molar-refractivity contribution in [3.63, 3.8) is 0 Å². The topological polar surface area (TPSA) is 51.0 Å². The van der Waals surface area contributed by atoms with E-state index < -0.39 is 0 Å². The number of phenolic OH excluding ortho intramolecular Hbond substituents is 1. The minimum atomic E-state index is -0.00673. The Hall–Kier alpha value is -0.810. The lowest BCUT2D eigenvalue weighted by Gasteiger charge is -2.09. The third-order valence-corrected chi connectivity index (χ3v) is 3.04. The van der Waals surface area contributed by atoms with Gasteiger partial charge in [-0.15, -0.1) is 0 Å². The second-order valence-corrected chi connectivity index (χ2v) is 5.63. The van der Waals surface area contributed by atoms with Crippen LogP contribution in [0.4, 0.5) is 0 Å². The number of phenols is 1. The van der Waals surface area contributed by atoms with E-state index >= 15 is 0 Å². The van der Waals surface area contributed by atoms with Crippen molar-refractivity contribution in [1.29, 1.82) is 0 Å². The maximum atomic E-state index is 9.29. The molecule has 0 aromatic heterocycles. The van der Waals surface area contributed by atoms with Gasteiger partial charge in [0.2, 0.25) is 0 Å². The number of oxime groups is 1. The van der Waals surface area contributed by atoms with Gasteiger partial charge in [0.25, 0.3) is 0 Å². The molecule has 0 aliphatic rings. The van der Waals surface area contributed by atoms with Crippen molar-refractivity contribution in [2.24, 2.45) is 5.16 Å². The molecule has 21 heavy (non-hydrogen) atoms. The molecule has 0 aliphatic heterocycles. The molecule has 4 nitrogen and oxygen atoms in total. The largest absolute Gasteiger partial charge is 0.508 e. The molecule has 1 aromatic carbocycles. The van der Waals surface area contributed by atoms with Gasteiger partial charge >= 0.3 is 0 Å². The lowest BCUT2D eigenvalue weighted by molar-refractivity contribution is 0.175. The Balaban J connectivity index is 2.23. The van der Waals surface area contributed by atoms with E-state index in [9.17, 15) is 5.11 Å². The first kappa shape index (κ1) is 18.2. The van der Waals surface area contributed by atoms with Crippen LogP contribution in [-0.2, 0) is 4.84 Å². The van der Waals surface area contributed by atoms with Gasteiger partial charge in [0.15, 0.2) is 5.75 Å². The summed E-state index contributed by atoms with van der Waals surface area (Å²) in [5, 5.41) is 13.5. The summed E-state index contributed by atoms with van der Waals surface area (Å²) in [6.07, 6.45) is 4.45. The van der Waals surface area contributed by atoms with Crippen LogP contribution in [0.25, 0.3) is 0 Å². The Morgan fingerprint density at radius 3 is 2.52 bits per heavy atom. The van der Waals surface area contributed by atoms with Crippen molar-refractivity contribution in [2.75, 3.05) is 13.2 Å². The van der Waals surface area contributed by atoms with Crippen LogP contribution in [0.2, 0.25) is 10.0 Å². The summed E-state index contributed by atoms with van der Waals surface area (Å²) in [4.78, 5) is 4.87. The normalized spacial score (nSPS) is 10.7. The molecule has 0 fully saturated rings. The van der Waals surface area contributed by atoms with Gasteiger partial charge in [-0.25, -0.2) is 0 Å². The van der Waals surface area contributed by atoms with Crippen LogP contribution in [0.1, 0.15) is 12.8 Å². The van der Waals surface area contributed by atoms with Gasteiger partial charge in [-0.05, 0) is 18.9 Å². The van der Waals surface area contributed by atoms with Crippen molar-refractivity contribution < 1.29 is 14.7 Å². The maximum Gasteiger partial charge on any atom is 0.156 e. The Bertz CT molecular complexity index is 493. The highest BCUT2D eigenvalue weighted by Crippen LogP contribution is 2.36. The van der Waals surface area contributed by atoms with E-state index in [-0.39, 0.29) is 26.9 Å². The molecule has 0 saturated heterocycles. The molecule has 1 aromatic rings. The predicted molar refractivity (Wildman–Crippen MR) is 87.1 cm³/mol. The number of nitrogens with zero attached hydrogens (tertiary/aromatic N) is 1. The first-order valence-corrected chi connectivity index (χ1v) is 7.47. The van der Waals surface area contributed by atoms with E-state index in [2.05, 4.69) is 5.16 Å². The molecule has 0 radical (unpaired) electrons. The first-order chi connectivity index (χ1) is 10.0. The minimum Gasteiger partial charge on any atom is -0.508 e. The Labute approximate surface area is 142 Å². The number of unbranched alkanes of at least 4 members (excludes halogenated alkanes) is 1. The molecule has 0 heterocycles. The molecule has 0 bridgehead atoms. The van der Waals surface area contributed by atoms with E-state index in [1.165, 1.54) is 18.2 Å². The van der Waals surface area contributed by atoms with Crippen molar-refractivity contribution in [3.05, 3.63) is 32.7 Å². The number of hydrogen-bond acceptors (Lipinski definition) is 4. The summed E-state index contributed by atoms with van der Waals surface area (Å²) in [6, 6.07) is 2.74. The molecular weight excluding hydrogens is 360 g/mol. The number of aromatic hydroxyl groups is 1. The number of rotatable bonds is 8. The van der Waals surface area contributed by atoms with Crippen LogP contribution < -0.4 is 4.74 Å². The van der Waals surface area contributed by atoms with Crippen molar-refractivity contribution in [3.8, 4) is 11.5 Å². The van der Waals surface area contributed by atoms with Gasteiger partial charge in [0.1, 0.15) is 16.8 Å². The van der Waals surface area contributed by atoms with Crippen LogP contribution in [0, 0.1) is 0 Å². The monoisotopic (exact) mass is 371 g/mol. The van der Waals surface area contributed by atoms with Crippen LogP contribution in [0.5, 0.6) is 11.5 Å². The highest BCUT2D eigenvalue weighted by molar-refractivity contribution is 6.55.